The van der Waals surface area contributed by atoms with Crippen molar-refractivity contribution in [1.82, 2.24) is 5.32 Å². The van der Waals surface area contributed by atoms with Crippen molar-refractivity contribution in [2.75, 3.05) is 17.2 Å². The summed E-state index contributed by atoms with van der Waals surface area (Å²) < 4.78 is 5.68. The van der Waals surface area contributed by atoms with Crippen LogP contribution in [0.15, 0.2) is 42.5 Å². The maximum absolute atomic E-state index is 12.5. The van der Waals surface area contributed by atoms with Crippen molar-refractivity contribution < 1.29 is 14.3 Å². The molecular weight excluding hydrogens is 410 g/mol. The van der Waals surface area contributed by atoms with Gasteiger partial charge in [-0.2, -0.15) is 0 Å². The molecule has 1 aliphatic carbocycles. The van der Waals surface area contributed by atoms with Gasteiger partial charge in [-0.15, -0.1) is 0 Å². The lowest BCUT2D eigenvalue weighted by molar-refractivity contribution is -0.117. The summed E-state index contributed by atoms with van der Waals surface area (Å²) in [5.74, 6) is 1.19. The Morgan fingerprint density at radius 2 is 1.81 bits per heavy atom. The molecule has 1 saturated carbocycles. The minimum Gasteiger partial charge on any atom is -0.494 e. The molecule has 0 aromatic heterocycles. The van der Waals surface area contributed by atoms with Gasteiger partial charge in [0.15, 0.2) is 5.11 Å². The fourth-order valence-corrected chi connectivity index (χ4v) is 3.08. The van der Waals surface area contributed by atoms with Crippen molar-refractivity contribution in [3.63, 3.8) is 0 Å². The van der Waals surface area contributed by atoms with Crippen LogP contribution in [0.25, 0.3) is 0 Å². The molecular formula is C24H29N3O3S. The maximum Gasteiger partial charge on any atom is 0.257 e. The van der Waals surface area contributed by atoms with E-state index < -0.39 is 0 Å². The Bertz CT molecular complexity index is 953. The lowest BCUT2D eigenvalue weighted by Gasteiger charge is -2.13. The van der Waals surface area contributed by atoms with Crippen LogP contribution in [0.4, 0.5) is 11.4 Å². The molecule has 1 fully saturated rings. The van der Waals surface area contributed by atoms with Crippen LogP contribution >= 0.6 is 12.2 Å². The Hall–Kier alpha value is -2.93. The Labute approximate surface area is 188 Å². The highest BCUT2D eigenvalue weighted by Crippen LogP contribution is 2.31. The number of rotatable bonds is 8. The topological polar surface area (TPSA) is 79.5 Å². The first-order valence-corrected chi connectivity index (χ1v) is 11.0. The van der Waals surface area contributed by atoms with Crippen LogP contribution in [0, 0.1) is 18.8 Å². The van der Waals surface area contributed by atoms with E-state index >= 15 is 0 Å². The number of amides is 2. The van der Waals surface area contributed by atoms with E-state index in [1.54, 1.807) is 24.3 Å². The Morgan fingerprint density at radius 3 is 2.45 bits per heavy atom. The van der Waals surface area contributed by atoms with Crippen LogP contribution in [0.1, 0.15) is 49.0 Å². The molecule has 0 spiro atoms. The molecule has 2 amide bonds. The quantitative estimate of drug-likeness (QED) is 0.510. The van der Waals surface area contributed by atoms with Gasteiger partial charge in [0.05, 0.1) is 6.61 Å². The van der Waals surface area contributed by atoms with Crippen molar-refractivity contribution in [2.45, 2.75) is 40.0 Å². The third kappa shape index (κ3) is 7.07. The van der Waals surface area contributed by atoms with Crippen LogP contribution in [-0.4, -0.2) is 23.5 Å². The van der Waals surface area contributed by atoms with E-state index in [0.29, 0.717) is 23.8 Å². The second-order valence-electron chi connectivity index (χ2n) is 8.26. The highest BCUT2D eigenvalue weighted by atomic mass is 32.1. The molecule has 0 heterocycles. The molecule has 3 N–H and O–H groups in total. The van der Waals surface area contributed by atoms with Gasteiger partial charge >= 0.3 is 0 Å². The van der Waals surface area contributed by atoms with Gasteiger partial charge in [0, 0.05) is 22.9 Å². The summed E-state index contributed by atoms with van der Waals surface area (Å²) in [7, 11) is 0. The highest BCUT2D eigenvalue weighted by Gasteiger charge is 2.29. The largest absolute Gasteiger partial charge is 0.494 e. The predicted octanol–water partition coefficient (Wildman–Crippen LogP) is 4.90. The minimum atomic E-state index is -0.305. The molecule has 0 saturated heterocycles. The molecule has 3 rings (SSSR count). The van der Waals surface area contributed by atoms with Crippen molar-refractivity contribution in [3.8, 4) is 5.75 Å². The number of benzene rings is 2. The molecule has 6 nitrogen and oxygen atoms in total. The van der Waals surface area contributed by atoms with Gasteiger partial charge < -0.3 is 15.4 Å². The van der Waals surface area contributed by atoms with Gasteiger partial charge in [0.25, 0.3) is 5.91 Å². The van der Waals surface area contributed by atoms with Gasteiger partial charge in [0.1, 0.15) is 5.75 Å². The fraction of sp³-hybridized carbons (Fsp3) is 0.375. The summed E-state index contributed by atoms with van der Waals surface area (Å²) in [6.07, 6.45) is 2.88. The van der Waals surface area contributed by atoms with Crippen LogP contribution in [0.2, 0.25) is 0 Å². The van der Waals surface area contributed by atoms with Crippen LogP contribution in [0.3, 0.4) is 0 Å². The molecule has 0 bridgehead atoms. The summed E-state index contributed by atoms with van der Waals surface area (Å²) in [6, 6.07) is 12.5. The molecule has 31 heavy (non-hydrogen) atoms. The van der Waals surface area contributed by atoms with E-state index in [2.05, 4.69) is 29.8 Å². The standard InChI is InChI=1S/C24H29N3O3S/c1-15(2)12-13-30-20-10-7-18(8-11-20)23(29)27-24(31)25-19-9-4-16(3)21(14-19)26-22(28)17-5-6-17/h4,7-11,14-15,17H,5-6,12-13H2,1-3H3,(H,26,28)(H2,25,27,29,31). The Morgan fingerprint density at radius 1 is 1.10 bits per heavy atom. The van der Waals surface area contributed by atoms with Crippen LogP contribution < -0.4 is 20.7 Å². The van der Waals surface area contributed by atoms with Crippen LogP contribution in [-0.2, 0) is 4.79 Å². The number of nitrogens with one attached hydrogen (secondary N) is 3. The van der Waals surface area contributed by atoms with E-state index in [1.807, 2.05) is 25.1 Å². The summed E-state index contributed by atoms with van der Waals surface area (Å²) in [4.78, 5) is 24.5. The molecule has 0 radical (unpaired) electrons. The van der Waals surface area contributed by atoms with E-state index in [-0.39, 0.29) is 22.8 Å². The number of ether oxygens (including phenoxy) is 1. The molecule has 0 unspecified atom stereocenters. The van der Waals surface area contributed by atoms with Gasteiger partial charge in [0.2, 0.25) is 5.91 Å². The van der Waals surface area contributed by atoms with Crippen molar-refractivity contribution in [3.05, 3.63) is 53.6 Å². The van der Waals surface area contributed by atoms with E-state index in [0.717, 1.165) is 36.3 Å². The second kappa shape index (κ2) is 10.4. The van der Waals surface area contributed by atoms with Gasteiger partial charge in [-0.1, -0.05) is 19.9 Å². The van der Waals surface area contributed by atoms with Crippen molar-refractivity contribution >= 4 is 40.5 Å². The average molecular weight is 440 g/mol. The first-order chi connectivity index (χ1) is 14.8. The smallest absolute Gasteiger partial charge is 0.257 e. The molecule has 164 valence electrons. The number of carbonyl (C=O) groups excluding carboxylic acids is 2. The first-order valence-electron chi connectivity index (χ1n) is 10.6. The number of hydrogen-bond donors (Lipinski definition) is 3. The lowest BCUT2D eigenvalue weighted by atomic mass is 10.1. The predicted molar refractivity (Wildman–Crippen MR) is 128 cm³/mol. The highest BCUT2D eigenvalue weighted by molar-refractivity contribution is 7.80. The zero-order valence-electron chi connectivity index (χ0n) is 18.2. The van der Waals surface area contributed by atoms with Gasteiger partial charge in [-0.3, -0.25) is 14.9 Å². The summed E-state index contributed by atoms with van der Waals surface area (Å²) in [6.45, 7) is 6.88. The molecule has 2 aromatic carbocycles. The third-order valence-electron chi connectivity index (χ3n) is 5.01. The maximum atomic E-state index is 12.5. The zero-order chi connectivity index (χ0) is 22.4. The summed E-state index contributed by atoms with van der Waals surface area (Å²) in [5, 5.41) is 8.82. The third-order valence-corrected chi connectivity index (χ3v) is 5.21. The first kappa shape index (κ1) is 22.7. The number of carbonyl (C=O) groups is 2. The minimum absolute atomic E-state index is 0.0489. The Kier molecular flexibility index (Phi) is 7.63. The monoisotopic (exact) mass is 439 g/mol. The zero-order valence-corrected chi connectivity index (χ0v) is 19.0. The van der Waals surface area contributed by atoms with Crippen molar-refractivity contribution in [2.24, 2.45) is 11.8 Å². The van der Waals surface area contributed by atoms with Gasteiger partial charge in [-0.05, 0) is 86.3 Å². The molecule has 2 aromatic rings. The van der Waals surface area contributed by atoms with E-state index in [9.17, 15) is 9.59 Å². The normalized spacial score (nSPS) is 12.9. The molecule has 7 heteroatoms. The molecule has 0 atom stereocenters. The average Bonchev–Trinajstić information content (AvgIpc) is 3.56. The lowest BCUT2D eigenvalue weighted by Crippen LogP contribution is -2.34. The number of anilines is 2. The number of aryl methyl sites for hydroxylation is 1. The summed E-state index contributed by atoms with van der Waals surface area (Å²) in [5.41, 5.74) is 2.88. The fourth-order valence-electron chi connectivity index (χ4n) is 2.87. The molecule has 0 aliphatic heterocycles. The van der Waals surface area contributed by atoms with Crippen molar-refractivity contribution in [1.29, 1.82) is 0 Å². The number of hydrogen-bond acceptors (Lipinski definition) is 4. The SMILES string of the molecule is Cc1ccc(NC(=S)NC(=O)c2ccc(OCCC(C)C)cc2)cc1NC(=O)C1CC1. The second-order valence-corrected chi connectivity index (χ2v) is 8.67. The van der Waals surface area contributed by atoms with E-state index in [1.165, 1.54) is 0 Å². The number of thiocarbonyl (C=S) groups is 1. The van der Waals surface area contributed by atoms with Crippen LogP contribution in [0.5, 0.6) is 5.75 Å². The van der Waals surface area contributed by atoms with E-state index in [4.69, 9.17) is 17.0 Å². The van der Waals surface area contributed by atoms with Gasteiger partial charge in [-0.25, -0.2) is 0 Å². The Balaban J connectivity index is 1.53. The molecule has 1 aliphatic rings. The summed E-state index contributed by atoms with van der Waals surface area (Å²) >= 11 is 5.28.